The molecule has 1 aliphatic heterocycles. The van der Waals surface area contributed by atoms with Gasteiger partial charge < -0.3 is 4.74 Å². The normalized spacial score (nSPS) is 17.2. The molecule has 0 radical (unpaired) electrons. The third-order valence-electron chi connectivity index (χ3n) is 5.00. The first kappa shape index (κ1) is 18.9. The predicted molar refractivity (Wildman–Crippen MR) is 97.1 cm³/mol. The Morgan fingerprint density at radius 1 is 1.04 bits per heavy atom. The Balaban J connectivity index is 1.90. The van der Waals surface area contributed by atoms with Crippen molar-refractivity contribution >= 4 is 0 Å². The standard InChI is InChI=1S/C21H24F3NO/c1-20(2)14-25(10-11-26-3)13-17-12-16(6-9-19(17)20)15-4-7-18(8-5-15)21(22,23)24/h4-9,12H,10-11,13-14H2,1-3H3. The van der Waals surface area contributed by atoms with Crippen LogP contribution in [0.25, 0.3) is 11.1 Å². The molecule has 26 heavy (non-hydrogen) atoms. The van der Waals surface area contributed by atoms with Crippen LogP contribution in [0, 0.1) is 0 Å². The van der Waals surface area contributed by atoms with E-state index < -0.39 is 11.7 Å². The quantitative estimate of drug-likeness (QED) is 0.748. The Kier molecular flexibility index (Phi) is 5.13. The summed E-state index contributed by atoms with van der Waals surface area (Å²) < 4.78 is 43.5. The molecule has 0 fully saturated rings. The smallest absolute Gasteiger partial charge is 0.383 e. The van der Waals surface area contributed by atoms with E-state index in [1.165, 1.54) is 11.1 Å². The molecular weight excluding hydrogens is 339 g/mol. The van der Waals surface area contributed by atoms with E-state index >= 15 is 0 Å². The third kappa shape index (κ3) is 3.94. The molecule has 1 heterocycles. The highest BCUT2D eigenvalue weighted by Gasteiger charge is 2.32. The molecule has 0 atom stereocenters. The summed E-state index contributed by atoms with van der Waals surface area (Å²) >= 11 is 0. The lowest BCUT2D eigenvalue weighted by Gasteiger charge is -2.40. The fourth-order valence-electron chi connectivity index (χ4n) is 3.74. The molecule has 2 nitrogen and oxygen atoms in total. The molecule has 1 aliphatic rings. The lowest BCUT2D eigenvalue weighted by atomic mass is 9.77. The summed E-state index contributed by atoms with van der Waals surface area (Å²) in [6.45, 7) is 7.79. The minimum absolute atomic E-state index is 0.0278. The number of methoxy groups -OCH3 is 1. The van der Waals surface area contributed by atoms with Gasteiger partial charge in [-0.3, -0.25) is 4.90 Å². The number of hydrogen-bond acceptors (Lipinski definition) is 2. The Hall–Kier alpha value is -1.85. The first-order valence-corrected chi connectivity index (χ1v) is 8.73. The van der Waals surface area contributed by atoms with E-state index in [0.29, 0.717) is 6.61 Å². The summed E-state index contributed by atoms with van der Waals surface area (Å²) in [4.78, 5) is 2.36. The highest BCUT2D eigenvalue weighted by molar-refractivity contribution is 5.66. The summed E-state index contributed by atoms with van der Waals surface area (Å²) in [5.74, 6) is 0. The van der Waals surface area contributed by atoms with Crippen molar-refractivity contribution in [1.82, 2.24) is 4.90 Å². The van der Waals surface area contributed by atoms with E-state index in [-0.39, 0.29) is 5.41 Å². The molecule has 0 aromatic heterocycles. The van der Waals surface area contributed by atoms with Gasteiger partial charge in [-0.25, -0.2) is 0 Å². The molecule has 0 unspecified atom stereocenters. The highest BCUT2D eigenvalue weighted by atomic mass is 19.4. The zero-order valence-electron chi connectivity index (χ0n) is 15.4. The van der Waals surface area contributed by atoms with Crippen molar-refractivity contribution in [2.75, 3.05) is 26.8 Å². The van der Waals surface area contributed by atoms with Gasteiger partial charge in [0, 0.05) is 32.2 Å². The van der Waals surface area contributed by atoms with Crippen LogP contribution < -0.4 is 0 Å². The van der Waals surface area contributed by atoms with Gasteiger partial charge in [0.15, 0.2) is 0 Å². The van der Waals surface area contributed by atoms with Crippen molar-refractivity contribution in [3.8, 4) is 11.1 Å². The van der Waals surface area contributed by atoms with E-state index in [4.69, 9.17) is 4.74 Å². The van der Waals surface area contributed by atoms with Gasteiger partial charge in [0.2, 0.25) is 0 Å². The molecule has 140 valence electrons. The van der Waals surface area contributed by atoms with Gasteiger partial charge in [0.05, 0.1) is 12.2 Å². The Bertz CT molecular complexity index is 766. The number of rotatable bonds is 4. The summed E-state index contributed by atoms with van der Waals surface area (Å²) in [6.07, 6.45) is -4.31. The molecule has 2 aromatic rings. The monoisotopic (exact) mass is 363 g/mol. The molecule has 2 aromatic carbocycles. The van der Waals surface area contributed by atoms with E-state index in [0.717, 1.165) is 42.9 Å². The Morgan fingerprint density at radius 2 is 1.69 bits per heavy atom. The summed E-state index contributed by atoms with van der Waals surface area (Å²) in [7, 11) is 1.70. The van der Waals surface area contributed by atoms with Crippen molar-refractivity contribution in [3.63, 3.8) is 0 Å². The number of nitrogens with zero attached hydrogens (tertiary/aromatic N) is 1. The van der Waals surface area contributed by atoms with Gasteiger partial charge >= 0.3 is 6.18 Å². The van der Waals surface area contributed by atoms with Gasteiger partial charge in [-0.1, -0.05) is 38.1 Å². The molecule has 0 bridgehead atoms. The second kappa shape index (κ2) is 7.05. The number of halogens is 3. The molecule has 5 heteroatoms. The number of ether oxygens (including phenoxy) is 1. The molecule has 0 amide bonds. The highest BCUT2D eigenvalue weighted by Crippen LogP contribution is 2.36. The number of hydrogen-bond donors (Lipinski definition) is 0. The van der Waals surface area contributed by atoms with Crippen LogP contribution in [0.15, 0.2) is 42.5 Å². The van der Waals surface area contributed by atoms with Crippen LogP contribution in [0.1, 0.15) is 30.5 Å². The molecule has 0 aliphatic carbocycles. The predicted octanol–water partition coefficient (Wildman–Crippen LogP) is 5.11. The van der Waals surface area contributed by atoms with E-state index in [1.54, 1.807) is 19.2 Å². The molecular formula is C21H24F3NO. The second-order valence-electron chi connectivity index (χ2n) is 7.53. The average molecular weight is 363 g/mol. The minimum atomic E-state index is -4.31. The number of benzene rings is 2. The van der Waals surface area contributed by atoms with Crippen LogP contribution in [-0.4, -0.2) is 31.7 Å². The zero-order chi connectivity index (χ0) is 18.9. The van der Waals surface area contributed by atoms with Crippen LogP contribution >= 0.6 is 0 Å². The van der Waals surface area contributed by atoms with Crippen LogP contribution in [0.5, 0.6) is 0 Å². The van der Waals surface area contributed by atoms with Crippen molar-refractivity contribution in [1.29, 1.82) is 0 Å². The lowest BCUT2D eigenvalue weighted by Crippen LogP contribution is -2.43. The van der Waals surface area contributed by atoms with Gasteiger partial charge in [-0.15, -0.1) is 0 Å². The fourth-order valence-corrected chi connectivity index (χ4v) is 3.74. The SMILES string of the molecule is COCCN1Cc2cc(-c3ccc(C(F)(F)F)cc3)ccc2C(C)(C)C1. The maximum absolute atomic E-state index is 12.8. The van der Waals surface area contributed by atoms with Gasteiger partial charge in [0.25, 0.3) is 0 Å². The second-order valence-corrected chi connectivity index (χ2v) is 7.53. The first-order valence-electron chi connectivity index (χ1n) is 8.73. The van der Waals surface area contributed by atoms with E-state index in [9.17, 15) is 13.2 Å². The lowest BCUT2D eigenvalue weighted by molar-refractivity contribution is -0.137. The number of fused-ring (bicyclic) bond motifs is 1. The third-order valence-corrected chi connectivity index (χ3v) is 5.00. The zero-order valence-corrected chi connectivity index (χ0v) is 15.4. The van der Waals surface area contributed by atoms with Gasteiger partial charge in [-0.05, 0) is 40.5 Å². The first-order chi connectivity index (χ1) is 12.2. The van der Waals surface area contributed by atoms with Crippen molar-refractivity contribution < 1.29 is 17.9 Å². The molecule has 0 N–H and O–H groups in total. The van der Waals surface area contributed by atoms with Crippen molar-refractivity contribution in [2.45, 2.75) is 32.0 Å². The molecule has 3 rings (SSSR count). The Morgan fingerprint density at radius 3 is 2.31 bits per heavy atom. The topological polar surface area (TPSA) is 12.5 Å². The van der Waals surface area contributed by atoms with Crippen LogP contribution in [0.2, 0.25) is 0 Å². The largest absolute Gasteiger partial charge is 0.416 e. The van der Waals surface area contributed by atoms with Crippen LogP contribution in [0.3, 0.4) is 0 Å². The minimum Gasteiger partial charge on any atom is -0.383 e. The van der Waals surface area contributed by atoms with E-state index in [1.807, 2.05) is 6.07 Å². The summed E-state index contributed by atoms with van der Waals surface area (Å²) in [6, 6.07) is 11.6. The fraction of sp³-hybridized carbons (Fsp3) is 0.429. The molecule has 0 saturated heterocycles. The molecule has 0 saturated carbocycles. The van der Waals surface area contributed by atoms with Gasteiger partial charge in [0.1, 0.15) is 0 Å². The maximum atomic E-state index is 12.8. The van der Waals surface area contributed by atoms with Crippen LogP contribution in [0.4, 0.5) is 13.2 Å². The summed E-state index contributed by atoms with van der Waals surface area (Å²) in [5.41, 5.74) is 3.69. The molecule has 0 spiro atoms. The average Bonchev–Trinajstić information content (AvgIpc) is 2.58. The van der Waals surface area contributed by atoms with E-state index in [2.05, 4.69) is 30.9 Å². The number of alkyl halides is 3. The van der Waals surface area contributed by atoms with Crippen molar-refractivity contribution in [3.05, 3.63) is 59.2 Å². The Labute approximate surface area is 152 Å². The summed E-state index contributed by atoms with van der Waals surface area (Å²) in [5, 5.41) is 0. The van der Waals surface area contributed by atoms with Crippen LogP contribution in [-0.2, 0) is 22.9 Å². The van der Waals surface area contributed by atoms with Crippen molar-refractivity contribution in [2.24, 2.45) is 0 Å². The van der Waals surface area contributed by atoms with Gasteiger partial charge in [-0.2, -0.15) is 13.2 Å². The maximum Gasteiger partial charge on any atom is 0.416 e.